The Bertz CT molecular complexity index is 691. The van der Waals surface area contributed by atoms with Crippen LogP contribution >= 0.6 is 0 Å². The molecule has 5 nitrogen and oxygen atoms in total. The molecule has 5 heteroatoms. The van der Waals surface area contributed by atoms with Crippen LogP contribution in [-0.2, 0) is 0 Å². The highest BCUT2D eigenvalue weighted by atomic mass is 16.2. The summed E-state index contributed by atoms with van der Waals surface area (Å²) in [6.07, 6.45) is 5.75. The molecule has 1 amide bonds. The quantitative estimate of drug-likeness (QED) is 0.893. The van der Waals surface area contributed by atoms with Crippen molar-refractivity contribution in [2.24, 2.45) is 5.92 Å². The van der Waals surface area contributed by atoms with Gasteiger partial charge in [-0.2, -0.15) is 9.78 Å². The van der Waals surface area contributed by atoms with Gasteiger partial charge in [0.2, 0.25) is 0 Å². The van der Waals surface area contributed by atoms with Crippen LogP contribution in [0.5, 0.6) is 0 Å². The van der Waals surface area contributed by atoms with Gasteiger partial charge < -0.3 is 10.6 Å². The van der Waals surface area contributed by atoms with Crippen LogP contribution in [0.2, 0.25) is 0 Å². The number of aromatic nitrogens is 2. The van der Waals surface area contributed by atoms with E-state index in [0.29, 0.717) is 12.0 Å². The number of aryl methyl sites for hydroxylation is 1. The van der Waals surface area contributed by atoms with E-state index < -0.39 is 0 Å². The van der Waals surface area contributed by atoms with Crippen LogP contribution in [-0.4, -0.2) is 34.4 Å². The third kappa shape index (κ3) is 2.41. The molecule has 4 rings (SSSR count). The molecule has 2 N–H and O–H groups in total. The lowest BCUT2D eigenvalue weighted by Crippen LogP contribution is -2.45. The molecule has 1 aliphatic heterocycles. The summed E-state index contributed by atoms with van der Waals surface area (Å²) in [5.74, 6) is 0.570. The summed E-state index contributed by atoms with van der Waals surface area (Å²) in [5.41, 5.74) is 3.26. The van der Waals surface area contributed by atoms with E-state index in [1.165, 1.54) is 16.7 Å². The third-order valence-electron chi connectivity index (χ3n) is 4.85. The number of fused-ring (bicyclic) bond motifs is 2. The second-order valence-electron chi connectivity index (χ2n) is 6.43. The molecule has 3 unspecified atom stereocenters. The maximum Gasteiger partial charge on any atom is 0.342 e. The second-order valence-corrected chi connectivity index (χ2v) is 6.43. The molecule has 2 bridgehead atoms. The molecule has 114 valence electrons. The molecule has 0 spiro atoms. The standard InChI is InChI=1S/C17H20N4O/c1-11-2-4-12(5-3-11)14-9-19-21(10-14)17(22)20-16-7-15-6-13(16)8-18-15/h2-5,9-10,13,15-16,18H,6-8H2,1H3,(H,20,22). The van der Waals surface area contributed by atoms with Crippen LogP contribution in [0.4, 0.5) is 4.79 Å². The maximum atomic E-state index is 12.3. The van der Waals surface area contributed by atoms with Gasteiger partial charge in [0, 0.05) is 30.4 Å². The Balaban J connectivity index is 1.46. The minimum Gasteiger partial charge on any atom is -0.333 e. The van der Waals surface area contributed by atoms with Gasteiger partial charge in [-0.3, -0.25) is 0 Å². The van der Waals surface area contributed by atoms with Crippen LogP contribution in [0.15, 0.2) is 36.7 Å². The van der Waals surface area contributed by atoms with Crippen molar-refractivity contribution in [2.75, 3.05) is 6.54 Å². The first-order chi connectivity index (χ1) is 10.7. The SMILES string of the molecule is Cc1ccc(-c2cnn(C(=O)NC3CC4CC3CN4)c2)cc1. The normalized spacial score (nSPS) is 26.3. The Morgan fingerprint density at radius 1 is 1.27 bits per heavy atom. The van der Waals surface area contributed by atoms with E-state index in [9.17, 15) is 4.79 Å². The minimum atomic E-state index is -0.129. The number of rotatable bonds is 2. The van der Waals surface area contributed by atoms with Crippen LogP contribution in [0.1, 0.15) is 18.4 Å². The number of hydrogen-bond acceptors (Lipinski definition) is 3. The zero-order valence-electron chi connectivity index (χ0n) is 12.6. The molecule has 1 saturated carbocycles. The Hall–Kier alpha value is -2.14. The predicted molar refractivity (Wildman–Crippen MR) is 84.6 cm³/mol. The summed E-state index contributed by atoms with van der Waals surface area (Å²) in [6.45, 7) is 3.08. The van der Waals surface area contributed by atoms with Gasteiger partial charge in [0.05, 0.1) is 6.20 Å². The van der Waals surface area contributed by atoms with Gasteiger partial charge in [-0.1, -0.05) is 29.8 Å². The molecule has 2 aromatic rings. The number of nitrogens with zero attached hydrogens (tertiary/aromatic N) is 2. The van der Waals surface area contributed by atoms with Gasteiger partial charge in [0.15, 0.2) is 0 Å². The van der Waals surface area contributed by atoms with Crippen molar-refractivity contribution >= 4 is 6.03 Å². The Morgan fingerprint density at radius 2 is 2.09 bits per heavy atom. The molecule has 2 fully saturated rings. The molecule has 22 heavy (non-hydrogen) atoms. The fourth-order valence-corrected chi connectivity index (χ4v) is 3.57. The van der Waals surface area contributed by atoms with Crippen LogP contribution < -0.4 is 10.6 Å². The number of piperidine rings is 1. The monoisotopic (exact) mass is 296 g/mol. The molecule has 2 aliphatic rings. The first-order valence-electron chi connectivity index (χ1n) is 7.85. The van der Waals surface area contributed by atoms with Crippen molar-refractivity contribution in [3.05, 3.63) is 42.2 Å². The van der Waals surface area contributed by atoms with Crippen molar-refractivity contribution in [2.45, 2.75) is 31.8 Å². The predicted octanol–water partition coefficient (Wildman–Crippen LogP) is 2.17. The van der Waals surface area contributed by atoms with Crippen molar-refractivity contribution in [1.29, 1.82) is 0 Å². The van der Waals surface area contributed by atoms with E-state index in [0.717, 1.165) is 24.1 Å². The summed E-state index contributed by atoms with van der Waals surface area (Å²) < 4.78 is 1.41. The summed E-state index contributed by atoms with van der Waals surface area (Å²) in [5, 5.41) is 10.8. The molecule has 1 aromatic heterocycles. The lowest BCUT2D eigenvalue weighted by Gasteiger charge is -2.23. The maximum absolute atomic E-state index is 12.3. The van der Waals surface area contributed by atoms with E-state index in [2.05, 4.69) is 46.9 Å². The number of amides is 1. The van der Waals surface area contributed by atoms with Crippen LogP contribution in [0.25, 0.3) is 11.1 Å². The molecule has 1 aliphatic carbocycles. The number of hydrogen-bond donors (Lipinski definition) is 2. The van der Waals surface area contributed by atoms with E-state index in [1.54, 1.807) is 12.4 Å². The average Bonchev–Trinajstić information content (AvgIpc) is 3.24. The fourth-order valence-electron chi connectivity index (χ4n) is 3.57. The van der Waals surface area contributed by atoms with Crippen molar-refractivity contribution < 1.29 is 4.79 Å². The van der Waals surface area contributed by atoms with Crippen LogP contribution in [0.3, 0.4) is 0 Å². The zero-order valence-corrected chi connectivity index (χ0v) is 12.6. The molecule has 3 atom stereocenters. The topological polar surface area (TPSA) is 59.0 Å². The second kappa shape index (κ2) is 5.25. The van der Waals surface area contributed by atoms with Crippen molar-refractivity contribution in [3.8, 4) is 11.1 Å². The van der Waals surface area contributed by atoms with Crippen molar-refractivity contribution in [3.63, 3.8) is 0 Å². The molecular formula is C17H20N4O. The lowest BCUT2D eigenvalue weighted by atomic mass is 10.0. The van der Waals surface area contributed by atoms with E-state index in [4.69, 9.17) is 0 Å². The highest BCUT2D eigenvalue weighted by Gasteiger charge is 2.40. The molecular weight excluding hydrogens is 276 g/mol. The highest BCUT2D eigenvalue weighted by molar-refractivity contribution is 5.77. The van der Waals surface area contributed by atoms with Crippen molar-refractivity contribution in [1.82, 2.24) is 20.4 Å². The molecule has 1 saturated heterocycles. The summed E-state index contributed by atoms with van der Waals surface area (Å²) in [6, 6.07) is 8.97. The van der Waals surface area contributed by atoms with E-state index >= 15 is 0 Å². The molecule has 1 aromatic carbocycles. The van der Waals surface area contributed by atoms with Gasteiger partial charge in [-0.15, -0.1) is 0 Å². The van der Waals surface area contributed by atoms with Crippen LogP contribution in [0, 0.1) is 12.8 Å². The number of carbonyl (C=O) groups is 1. The van der Waals surface area contributed by atoms with E-state index in [1.807, 2.05) is 0 Å². The first kappa shape index (κ1) is 13.5. The molecule has 2 heterocycles. The first-order valence-corrected chi connectivity index (χ1v) is 7.85. The van der Waals surface area contributed by atoms with Gasteiger partial charge in [0.1, 0.15) is 0 Å². The number of benzene rings is 1. The summed E-state index contributed by atoms with van der Waals surface area (Å²) in [4.78, 5) is 12.3. The number of carbonyl (C=O) groups excluding carboxylic acids is 1. The summed E-state index contributed by atoms with van der Waals surface area (Å²) >= 11 is 0. The minimum absolute atomic E-state index is 0.129. The summed E-state index contributed by atoms with van der Waals surface area (Å²) in [7, 11) is 0. The average molecular weight is 296 g/mol. The zero-order chi connectivity index (χ0) is 15.1. The number of nitrogens with one attached hydrogen (secondary N) is 2. The van der Waals surface area contributed by atoms with Gasteiger partial charge in [-0.05, 0) is 31.2 Å². The van der Waals surface area contributed by atoms with E-state index in [-0.39, 0.29) is 12.1 Å². The molecule has 0 radical (unpaired) electrons. The lowest BCUT2D eigenvalue weighted by molar-refractivity contribution is 0.230. The van der Waals surface area contributed by atoms with Gasteiger partial charge in [-0.25, -0.2) is 4.79 Å². The largest absolute Gasteiger partial charge is 0.342 e. The Labute approximate surface area is 129 Å². The van der Waals surface area contributed by atoms with Gasteiger partial charge >= 0.3 is 6.03 Å². The Kier molecular flexibility index (Phi) is 3.22. The third-order valence-corrected chi connectivity index (χ3v) is 4.85. The fraction of sp³-hybridized carbons (Fsp3) is 0.412. The van der Waals surface area contributed by atoms with Gasteiger partial charge in [0.25, 0.3) is 0 Å². The Morgan fingerprint density at radius 3 is 2.77 bits per heavy atom. The highest BCUT2D eigenvalue weighted by Crippen LogP contribution is 2.31. The smallest absolute Gasteiger partial charge is 0.333 e.